The van der Waals surface area contributed by atoms with Crippen LogP contribution in [0.2, 0.25) is 0 Å². The van der Waals surface area contributed by atoms with Gasteiger partial charge in [-0.15, -0.1) is 11.3 Å². The SMILES string of the molecule is CCc1c(-c2ccncc2)sc(N)c1-c1cccc(N)c1. The second kappa shape index (κ2) is 5.58. The third-order valence-electron chi connectivity index (χ3n) is 3.51. The van der Waals surface area contributed by atoms with Gasteiger partial charge in [0.2, 0.25) is 0 Å². The predicted octanol–water partition coefficient (Wildman–Crippen LogP) is 4.20. The van der Waals surface area contributed by atoms with Gasteiger partial charge in [-0.05, 0) is 47.4 Å². The van der Waals surface area contributed by atoms with E-state index in [4.69, 9.17) is 11.5 Å². The normalized spacial score (nSPS) is 10.7. The lowest BCUT2D eigenvalue weighted by atomic mass is 9.98. The first kappa shape index (κ1) is 13.6. The summed E-state index contributed by atoms with van der Waals surface area (Å²) in [4.78, 5) is 5.30. The average molecular weight is 295 g/mol. The van der Waals surface area contributed by atoms with Crippen molar-refractivity contribution in [2.75, 3.05) is 11.5 Å². The molecule has 0 aliphatic heterocycles. The number of hydrogen-bond donors (Lipinski definition) is 2. The fourth-order valence-electron chi connectivity index (χ4n) is 2.57. The topological polar surface area (TPSA) is 64.9 Å². The third kappa shape index (κ3) is 2.50. The lowest BCUT2D eigenvalue weighted by Gasteiger charge is -2.07. The summed E-state index contributed by atoms with van der Waals surface area (Å²) < 4.78 is 0. The molecule has 21 heavy (non-hydrogen) atoms. The van der Waals surface area contributed by atoms with Gasteiger partial charge >= 0.3 is 0 Å². The van der Waals surface area contributed by atoms with Crippen LogP contribution in [0.25, 0.3) is 21.6 Å². The Morgan fingerprint density at radius 2 is 1.81 bits per heavy atom. The van der Waals surface area contributed by atoms with Gasteiger partial charge in [-0.2, -0.15) is 0 Å². The molecule has 0 spiro atoms. The summed E-state index contributed by atoms with van der Waals surface area (Å²) in [7, 11) is 0. The molecule has 0 fully saturated rings. The van der Waals surface area contributed by atoms with Crippen LogP contribution in [0.15, 0.2) is 48.8 Å². The van der Waals surface area contributed by atoms with Crippen molar-refractivity contribution >= 4 is 22.0 Å². The van der Waals surface area contributed by atoms with Crippen LogP contribution < -0.4 is 11.5 Å². The van der Waals surface area contributed by atoms with Crippen LogP contribution >= 0.6 is 11.3 Å². The molecule has 2 aromatic heterocycles. The summed E-state index contributed by atoms with van der Waals surface area (Å²) in [6.07, 6.45) is 4.55. The van der Waals surface area contributed by atoms with Gasteiger partial charge < -0.3 is 11.5 Å². The van der Waals surface area contributed by atoms with Crippen LogP contribution in [0.5, 0.6) is 0 Å². The highest BCUT2D eigenvalue weighted by atomic mass is 32.1. The molecule has 4 heteroatoms. The van der Waals surface area contributed by atoms with Gasteiger partial charge in [0.15, 0.2) is 0 Å². The highest BCUT2D eigenvalue weighted by molar-refractivity contribution is 7.20. The van der Waals surface area contributed by atoms with Gasteiger partial charge in [-0.25, -0.2) is 0 Å². The van der Waals surface area contributed by atoms with E-state index < -0.39 is 0 Å². The molecule has 1 aromatic carbocycles. The molecule has 3 nitrogen and oxygen atoms in total. The summed E-state index contributed by atoms with van der Waals surface area (Å²) in [6, 6.07) is 11.9. The Morgan fingerprint density at radius 1 is 1.05 bits per heavy atom. The smallest absolute Gasteiger partial charge is 0.0945 e. The van der Waals surface area contributed by atoms with E-state index >= 15 is 0 Å². The molecule has 2 heterocycles. The number of hydrogen-bond acceptors (Lipinski definition) is 4. The van der Waals surface area contributed by atoms with E-state index in [9.17, 15) is 0 Å². The molecule has 0 saturated carbocycles. The molecular weight excluding hydrogens is 278 g/mol. The van der Waals surface area contributed by atoms with Crippen LogP contribution in [0.4, 0.5) is 10.7 Å². The molecule has 4 N–H and O–H groups in total. The van der Waals surface area contributed by atoms with Crippen molar-refractivity contribution in [2.24, 2.45) is 0 Å². The van der Waals surface area contributed by atoms with E-state index in [-0.39, 0.29) is 0 Å². The summed E-state index contributed by atoms with van der Waals surface area (Å²) in [5.74, 6) is 0. The Hall–Kier alpha value is -2.33. The van der Waals surface area contributed by atoms with Gasteiger partial charge in [0.05, 0.1) is 5.00 Å². The van der Waals surface area contributed by atoms with Crippen LogP contribution in [-0.2, 0) is 6.42 Å². The number of nitrogens with zero attached hydrogens (tertiary/aromatic N) is 1. The summed E-state index contributed by atoms with van der Waals surface area (Å²) >= 11 is 1.63. The number of thiophene rings is 1. The second-order valence-corrected chi connectivity index (χ2v) is 5.92. The molecular formula is C17H17N3S. The number of aromatic nitrogens is 1. The van der Waals surface area contributed by atoms with Gasteiger partial charge in [0.1, 0.15) is 0 Å². The van der Waals surface area contributed by atoms with Crippen molar-refractivity contribution in [1.29, 1.82) is 0 Å². The first-order valence-corrected chi connectivity index (χ1v) is 7.69. The molecule has 3 rings (SSSR count). The van der Waals surface area contributed by atoms with Crippen LogP contribution in [0.3, 0.4) is 0 Å². The minimum atomic E-state index is 0.755. The molecule has 3 aromatic rings. The lowest BCUT2D eigenvalue weighted by Crippen LogP contribution is -1.91. The Morgan fingerprint density at radius 3 is 2.48 bits per heavy atom. The summed E-state index contributed by atoms with van der Waals surface area (Å²) in [5.41, 5.74) is 17.6. The van der Waals surface area contributed by atoms with Crippen LogP contribution in [0, 0.1) is 0 Å². The van der Waals surface area contributed by atoms with Gasteiger partial charge in [-0.1, -0.05) is 19.1 Å². The fourth-order valence-corrected chi connectivity index (χ4v) is 3.76. The molecule has 0 amide bonds. The molecule has 0 aliphatic rings. The lowest BCUT2D eigenvalue weighted by molar-refractivity contribution is 1.16. The molecule has 106 valence electrons. The first-order chi connectivity index (χ1) is 10.2. The van der Waals surface area contributed by atoms with E-state index in [1.807, 2.05) is 42.7 Å². The number of nitrogen functional groups attached to an aromatic ring is 2. The molecule has 0 bridgehead atoms. The van der Waals surface area contributed by atoms with E-state index in [1.165, 1.54) is 10.4 Å². The number of rotatable bonds is 3. The van der Waals surface area contributed by atoms with E-state index in [1.54, 1.807) is 11.3 Å². The fraction of sp³-hybridized carbons (Fsp3) is 0.118. The monoisotopic (exact) mass is 295 g/mol. The highest BCUT2D eigenvalue weighted by Gasteiger charge is 2.17. The van der Waals surface area contributed by atoms with Crippen molar-refractivity contribution in [1.82, 2.24) is 4.98 Å². The van der Waals surface area contributed by atoms with Crippen LogP contribution in [0.1, 0.15) is 12.5 Å². The minimum Gasteiger partial charge on any atom is -0.399 e. The largest absolute Gasteiger partial charge is 0.399 e. The Kier molecular flexibility index (Phi) is 3.62. The molecule has 0 saturated heterocycles. The second-order valence-electron chi connectivity index (χ2n) is 4.86. The summed E-state index contributed by atoms with van der Waals surface area (Å²) in [6.45, 7) is 2.15. The standard InChI is InChI=1S/C17H17N3S/c1-2-14-15(12-4-3-5-13(18)10-12)17(19)21-16(14)11-6-8-20-9-7-11/h3-10H,2,18-19H2,1H3. The Bertz CT molecular complexity index is 763. The van der Waals surface area contributed by atoms with Crippen molar-refractivity contribution in [3.8, 4) is 21.6 Å². The van der Waals surface area contributed by atoms with E-state index in [0.29, 0.717) is 0 Å². The molecule has 0 unspecified atom stereocenters. The van der Waals surface area contributed by atoms with E-state index in [2.05, 4.69) is 18.0 Å². The quantitative estimate of drug-likeness (QED) is 0.712. The maximum Gasteiger partial charge on any atom is 0.0945 e. The predicted molar refractivity (Wildman–Crippen MR) is 91.2 cm³/mol. The zero-order valence-corrected chi connectivity index (χ0v) is 12.7. The number of pyridine rings is 1. The van der Waals surface area contributed by atoms with Gasteiger partial charge in [-0.3, -0.25) is 4.98 Å². The Labute approximate surface area is 128 Å². The zero-order valence-electron chi connectivity index (χ0n) is 11.8. The highest BCUT2D eigenvalue weighted by Crippen LogP contribution is 2.44. The molecule has 0 atom stereocenters. The maximum atomic E-state index is 6.30. The van der Waals surface area contributed by atoms with Crippen molar-refractivity contribution in [2.45, 2.75) is 13.3 Å². The third-order valence-corrected chi connectivity index (χ3v) is 4.62. The average Bonchev–Trinajstić information content (AvgIpc) is 2.84. The van der Waals surface area contributed by atoms with Gasteiger partial charge in [0, 0.05) is 28.5 Å². The molecule has 0 radical (unpaired) electrons. The van der Waals surface area contributed by atoms with E-state index in [0.717, 1.165) is 33.8 Å². The van der Waals surface area contributed by atoms with Crippen molar-refractivity contribution in [3.63, 3.8) is 0 Å². The zero-order chi connectivity index (χ0) is 14.8. The summed E-state index contributed by atoms with van der Waals surface area (Å²) in [5, 5.41) is 0.837. The molecule has 0 aliphatic carbocycles. The minimum absolute atomic E-state index is 0.755. The first-order valence-electron chi connectivity index (χ1n) is 6.88. The van der Waals surface area contributed by atoms with Crippen LogP contribution in [-0.4, -0.2) is 4.98 Å². The van der Waals surface area contributed by atoms with Crippen molar-refractivity contribution < 1.29 is 0 Å². The maximum absolute atomic E-state index is 6.30. The number of nitrogens with two attached hydrogens (primary N) is 2. The van der Waals surface area contributed by atoms with Gasteiger partial charge in [0.25, 0.3) is 0 Å². The van der Waals surface area contributed by atoms with Crippen molar-refractivity contribution in [3.05, 3.63) is 54.4 Å². The number of benzene rings is 1. The Balaban J connectivity index is 2.21. The number of anilines is 2.